The maximum absolute atomic E-state index is 11.6. The number of nitrogens with one attached hydrogen (secondary N) is 3. The fourth-order valence-corrected chi connectivity index (χ4v) is 2.42. The van der Waals surface area contributed by atoms with Crippen molar-refractivity contribution in [1.82, 2.24) is 20.9 Å². The number of hydrogen-bond acceptors (Lipinski definition) is 4. The van der Waals surface area contributed by atoms with Gasteiger partial charge < -0.3 is 25.6 Å². The zero-order valence-electron chi connectivity index (χ0n) is 17.9. The summed E-state index contributed by atoms with van der Waals surface area (Å²) in [6.07, 6.45) is 0.542. The van der Waals surface area contributed by atoms with E-state index in [4.69, 9.17) is 4.74 Å². The van der Waals surface area contributed by atoms with Crippen LogP contribution in [0.2, 0.25) is 0 Å². The molecule has 1 unspecified atom stereocenters. The van der Waals surface area contributed by atoms with Crippen LogP contribution in [0.5, 0.6) is 0 Å². The van der Waals surface area contributed by atoms with E-state index in [0.717, 1.165) is 13.0 Å². The molecule has 0 bridgehead atoms. The predicted molar refractivity (Wildman–Crippen MR) is 127 cm³/mol. The quantitative estimate of drug-likeness (QED) is 0.219. The van der Waals surface area contributed by atoms with E-state index in [1.54, 1.807) is 7.05 Å². The van der Waals surface area contributed by atoms with Crippen molar-refractivity contribution >= 4 is 36.0 Å². The molecule has 0 aliphatic heterocycles. The second-order valence-electron chi connectivity index (χ2n) is 7.62. The average molecular weight is 505 g/mol. The van der Waals surface area contributed by atoms with Gasteiger partial charge in [0.25, 0.3) is 0 Å². The van der Waals surface area contributed by atoms with Gasteiger partial charge in [-0.3, -0.25) is 4.99 Å². The molecule has 1 atom stereocenters. The molecule has 0 radical (unpaired) electrons. The number of halogens is 1. The average Bonchev–Trinajstić information content (AvgIpc) is 2.59. The van der Waals surface area contributed by atoms with Crippen LogP contribution in [0, 0.1) is 0 Å². The van der Waals surface area contributed by atoms with Crippen LogP contribution >= 0.6 is 24.0 Å². The molecule has 0 fully saturated rings. The van der Waals surface area contributed by atoms with Gasteiger partial charge in [-0.1, -0.05) is 30.3 Å². The van der Waals surface area contributed by atoms with Crippen molar-refractivity contribution in [2.75, 3.05) is 40.8 Å². The molecule has 0 aromatic heterocycles. The van der Waals surface area contributed by atoms with Gasteiger partial charge in [-0.15, -0.1) is 24.0 Å². The Kier molecular flexibility index (Phi) is 12.8. The standard InChI is InChI=1S/C20H35N5O2.HI/c1-20(2,3)27-19(26)23-13-12-22-18(21-4)24-15-17(25(5)6)14-16-10-8-7-9-11-16;/h7-11,17H,12-15H2,1-6H3,(H,23,26)(H2,21,22,24);1H. The van der Waals surface area contributed by atoms with E-state index < -0.39 is 11.7 Å². The first kappa shape index (κ1) is 26.4. The Labute approximate surface area is 186 Å². The Balaban J connectivity index is 0.00000729. The zero-order valence-corrected chi connectivity index (χ0v) is 20.2. The third-order valence-corrected chi connectivity index (χ3v) is 3.86. The van der Waals surface area contributed by atoms with E-state index in [2.05, 4.69) is 64.2 Å². The van der Waals surface area contributed by atoms with Crippen molar-refractivity contribution in [1.29, 1.82) is 0 Å². The van der Waals surface area contributed by atoms with Crippen molar-refractivity contribution in [3.8, 4) is 0 Å². The van der Waals surface area contributed by atoms with Crippen LogP contribution in [0.1, 0.15) is 26.3 Å². The van der Waals surface area contributed by atoms with Gasteiger partial charge >= 0.3 is 6.09 Å². The number of hydrogen-bond donors (Lipinski definition) is 3. The summed E-state index contributed by atoms with van der Waals surface area (Å²) in [5.41, 5.74) is 0.817. The first-order valence-electron chi connectivity index (χ1n) is 9.33. The highest BCUT2D eigenvalue weighted by molar-refractivity contribution is 14.0. The molecule has 1 aromatic rings. The van der Waals surface area contributed by atoms with Gasteiger partial charge in [-0.2, -0.15) is 0 Å². The lowest BCUT2D eigenvalue weighted by molar-refractivity contribution is 0.0529. The van der Waals surface area contributed by atoms with Crippen molar-refractivity contribution < 1.29 is 9.53 Å². The number of guanidine groups is 1. The van der Waals surface area contributed by atoms with E-state index in [9.17, 15) is 4.79 Å². The molecule has 1 amide bonds. The number of carbonyl (C=O) groups excluding carboxylic acids is 1. The summed E-state index contributed by atoms with van der Waals surface area (Å²) in [5.74, 6) is 0.709. The second-order valence-corrected chi connectivity index (χ2v) is 7.62. The van der Waals surface area contributed by atoms with E-state index in [1.807, 2.05) is 26.8 Å². The highest BCUT2D eigenvalue weighted by Gasteiger charge is 2.16. The molecule has 0 aliphatic rings. The Morgan fingerprint density at radius 1 is 1.11 bits per heavy atom. The monoisotopic (exact) mass is 505 g/mol. The SMILES string of the molecule is CN=C(NCCNC(=O)OC(C)(C)C)NCC(Cc1ccccc1)N(C)C.I. The lowest BCUT2D eigenvalue weighted by Crippen LogP contribution is -2.47. The predicted octanol–water partition coefficient (Wildman–Crippen LogP) is 2.47. The number of aliphatic imine (C=N–C) groups is 1. The zero-order chi connectivity index (χ0) is 20.3. The van der Waals surface area contributed by atoms with Crippen molar-refractivity contribution in [3.05, 3.63) is 35.9 Å². The van der Waals surface area contributed by atoms with Crippen molar-refractivity contribution in [3.63, 3.8) is 0 Å². The molecule has 8 heteroatoms. The molecule has 1 aromatic carbocycles. The van der Waals surface area contributed by atoms with Crippen molar-refractivity contribution in [2.45, 2.75) is 38.8 Å². The fraction of sp³-hybridized carbons (Fsp3) is 0.600. The van der Waals surface area contributed by atoms with Crippen LogP contribution < -0.4 is 16.0 Å². The molecular weight excluding hydrogens is 469 g/mol. The second kappa shape index (κ2) is 13.6. The van der Waals surface area contributed by atoms with Crippen LogP contribution in [0.3, 0.4) is 0 Å². The van der Waals surface area contributed by atoms with E-state index >= 15 is 0 Å². The fourth-order valence-electron chi connectivity index (χ4n) is 2.42. The van der Waals surface area contributed by atoms with E-state index in [-0.39, 0.29) is 24.0 Å². The Bertz CT molecular complexity index is 588. The smallest absolute Gasteiger partial charge is 0.407 e. The molecule has 160 valence electrons. The number of carbonyl (C=O) groups is 1. The number of rotatable bonds is 8. The molecule has 0 heterocycles. The van der Waals surface area contributed by atoms with Crippen molar-refractivity contribution in [2.24, 2.45) is 4.99 Å². The topological polar surface area (TPSA) is 78.0 Å². The van der Waals surface area contributed by atoms with Crippen LogP contribution in [-0.4, -0.2) is 69.4 Å². The summed E-state index contributed by atoms with van der Waals surface area (Å²) in [6.45, 7) is 7.30. The number of nitrogens with zero attached hydrogens (tertiary/aromatic N) is 2. The first-order valence-corrected chi connectivity index (χ1v) is 9.33. The Morgan fingerprint density at radius 3 is 2.25 bits per heavy atom. The summed E-state index contributed by atoms with van der Waals surface area (Å²) < 4.78 is 5.20. The largest absolute Gasteiger partial charge is 0.444 e. The number of ether oxygens (including phenoxy) is 1. The molecule has 3 N–H and O–H groups in total. The van der Waals surface area contributed by atoms with Gasteiger partial charge in [0.05, 0.1) is 0 Å². The lowest BCUT2D eigenvalue weighted by atomic mass is 10.1. The van der Waals surface area contributed by atoms with Gasteiger partial charge in [-0.25, -0.2) is 4.79 Å². The number of alkyl carbamates (subject to hydrolysis) is 1. The molecule has 0 saturated heterocycles. The molecule has 28 heavy (non-hydrogen) atoms. The Morgan fingerprint density at radius 2 is 1.71 bits per heavy atom. The molecule has 7 nitrogen and oxygen atoms in total. The molecule has 0 spiro atoms. The maximum Gasteiger partial charge on any atom is 0.407 e. The summed E-state index contributed by atoms with van der Waals surface area (Å²) in [7, 11) is 5.89. The molecule has 0 aliphatic carbocycles. The van der Waals surface area contributed by atoms with Gasteiger partial charge in [0, 0.05) is 32.7 Å². The Hall–Kier alpha value is -1.55. The maximum atomic E-state index is 11.6. The van der Waals surface area contributed by atoms with Gasteiger partial charge in [0.2, 0.25) is 0 Å². The molecule has 1 rings (SSSR count). The third-order valence-electron chi connectivity index (χ3n) is 3.86. The minimum atomic E-state index is -0.491. The van der Waals surface area contributed by atoms with E-state index in [0.29, 0.717) is 25.1 Å². The normalized spacial score (nSPS) is 12.8. The van der Waals surface area contributed by atoms with Gasteiger partial charge in [0.1, 0.15) is 5.60 Å². The highest BCUT2D eigenvalue weighted by Crippen LogP contribution is 2.06. The third kappa shape index (κ3) is 12.0. The minimum absolute atomic E-state index is 0. The summed E-state index contributed by atoms with van der Waals surface area (Å²) >= 11 is 0. The molecule has 0 saturated carbocycles. The van der Waals surface area contributed by atoms with Gasteiger partial charge in [0.15, 0.2) is 5.96 Å². The number of likely N-dealkylation sites (N-methyl/N-ethyl adjacent to an activating group) is 1. The van der Waals surface area contributed by atoms with E-state index in [1.165, 1.54) is 5.56 Å². The van der Waals surface area contributed by atoms with Crippen LogP contribution in [-0.2, 0) is 11.2 Å². The highest BCUT2D eigenvalue weighted by atomic mass is 127. The van der Waals surface area contributed by atoms with Crippen LogP contribution in [0.4, 0.5) is 4.79 Å². The van der Waals surface area contributed by atoms with Crippen LogP contribution in [0.15, 0.2) is 35.3 Å². The minimum Gasteiger partial charge on any atom is -0.444 e. The van der Waals surface area contributed by atoms with Crippen LogP contribution in [0.25, 0.3) is 0 Å². The summed E-state index contributed by atoms with van der Waals surface area (Å²) in [6, 6.07) is 10.8. The summed E-state index contributed by atoms with van der Waals surface area (Å²) in [4.78, 5) is 18.1. The lowest BCUT2D eigenvalue weighted by Gasteiger charge is -2.26. The number of amides is 1. The molecular formula is C20H36IN5O2. The van der Waals surface area contributed by atoms with Gasteiger partial charge in [-0.05, 0) is 46.9 Å². The first-order chi connectivity index (χ1) is 12.7. The number of benzene rings is 1. The summed E-state index contributed by atoms with van der Waals surface area (Å²) in [5, 5.41) is 9.27.